The zero-order valence-corrected chi connectivity index (χ0v) is 12.8. The van der Waals surface area contributed by atoms with E-state index in [1.165, 1.54) is 30.5 Å². The van der Waals surface area contributed by atoms with Crippen LogP contribution in [0.3, 0.4) is 0 Å². The van der Waals surface area contributed by atoms with Crippen molar-refractivity contribution in [2.45, 2.75) is 6.92 Å². The number of esters is 1. The fourth-order valence-electron chi connectivity index (χ4n) is 1.75. The van der Waals surface area contributed by atoms with Crippen molar-refractivity contribution in [1.82, 2.24) is 5.32 Å². The molecule has 0 saturated carbocycles. The Morgan fingerprint density at radius 3 is 2.46 bits per heavy atom. The molecule has 0 saturated heterocycles. The second kappa shape index (κ2) is 7.91. The number of ether oxygens (including phenoxy) is 1. The van der Waals surface area contributed by atoms with Gasteiger partial charge >= 0.3 is 5.97 Å². The average Bonchev–Trinajstić information content (AvgIpc) is 2.99. The third kappa shape index (κ3) is 4.94. The third-order valence-electron chi connectivity index (χ3n) is 2.96. The Balaban J connectivity index is 1.71. The molecule has 0 radical (unpaired) electrons. The minimum absolute atomic E-state index is 0.0249. The Bertz CT molecular complexity index is 739. The van der Waals surface area contributed by atoms with Crippen LogP contribution in [0.1, 0.15) is 16.1 Å². The lowest BCUT2D eigenvalue weighted by molar-refractivity contribution is -0.126. The summed E-state index contributed by atoms with van der Waals surface area (Å²) in [4.78, 5) is 34.8. The highest BCUT2D eigenvalue weighted by molar-refractivity contribution is 5.95. The Morgan fingerprint density at radius 1 is 1.12 bits per heavy atom. The lowest BCUT2D eigenvalue weighted by Gasteiger charge is -2.07. The van der Waals surface area contributed by atoms with Gasteiger partial charge in [-0.1, -0.05) is 0 Å². The van der Waals surface area contributed by atoms with E-state index in [9.17, 15) is 18.8 Å². The van der Waals surface area contributed by atoms with Crippen molar-refractivity contribution in [2.24, 2.45) is 0 Å². The highest BCUT2D eigenvalue weighted by Gasteiger charge is 2.16. The quantitative estimate of drug-likeness (QED) is 0.783. The summed E-state index contributed by atoms with van der Waals surface area (Å²) in [7, 11) is 0. The van der Waals surface area contributed by atoms with E-state index < -0.39 is 30.2 Å². The fourth-order valence-corrected chi connectivity index (χ4v) is 1.75. The molecule has 1 aromatic carbocycles. The largest absolute Gasteiger partial charge is 0.457 e. The average molecular weight is 334 g/mol. The highest BCUT2D eigenvalue weighted by Crippen LogP contribution is 2.10. The van der Waals surface area contributed by atoms with Crippen LogP contribution in [-0.4, -0.2) is 30.9 Å². The van der Waals surface area contributed by atoms with E-state index in [0.717, 1.165) is 0 Å². The van der Waals surface area contributed by atoms with Gasteiger partial charge in [0, 0.05) is 11.3 Å². The molecule has 0 bridgehead atoms. The zero-order chi connectivity index (χ0) is 17.5. The Labute approximate surface area is 136 Å². The van der Waals surface area contributed by atoms with Gasteiger partial charge < -0.3 is 19.8 Å². The van der Waals surface area contributed by atoms with Gasteiger partial charge in [-0.05, 0) is 37.3 Å². The molecule has 0 fully saturated rings. The summed E-state index contributed by atoms with van der Waals surface area (Å²) in [6.07, 6.45) is 1.34. The summed E-state index contributed by atoms with van der Waals surface area (Å²) in [5, 5.41) is 4.77. The van der Waals surface area contributed by atoms with E-state index in [4.69, 9.17) is 9.15 Å². The van der Waals surface area contributed by atoms with E-state index >= 15 is 0 Å². The molecular formula is C16H15FN2O5. The molecule has 8 heteroatoms. The highest BCUT2D eigenvalue weighted by atomic mass is 19.1. The third-order valence-corrected chi connectivity index (χ3v) is 2.96. The Kier molecular flexibility index (Phi) is 5.67. The number of amides is 2. The second-order valence-electron chi connectivity index (χ2n) is 4.84. The molecular weight excluding hydrogens is 319 g/mol. The first kappa shape index (κ1) is 17.2. The minimum atomic E-state index is -0.761. The second-order valence-corrected chi connectivity index (χ2v) is 4.84. The molecule has 0 spiro atoms. The number of aryl methyl sites for hydroxylation is 1. The molecule has 0 unspecified atom stereocenters. The number of furan rings is 1. The van der Waals surface area contributed by atoms with E-state index in [-0.39, 0.29) is 12.3 Å². The molecule has 0 atom stereocenters. The van der Waals surface area contributed by atoms with E-state index in [0.29, 0.717) is 11.3 Å². The molecule has 24 heavy (non-hydrogen) atoms. The summed E-state index contributed by atoms with van der Waals surface area (Å²) in [6, 6.07) is 6.77. The van der Waals surface area contributed by atoms with Crippen LogP contribution in [0.15, 0.2) is 41.0 Å². The maximum absolute atomic E-state index is 12.7. The van der Waals surface area contributed by atoms with Gasteiger partial charge in [0.15, 0.2) is 6.61 Å². The summed E-state index contributed by atoms with van der Waals surface area (Å²) < 4.78 is 22.4. The molecule has 2 rings (SSSR count). The molecule has 2 N–H and O–H groups in total. The summed E-state index contributed by atoms with van der Waals surface area (Å²) in [5.41, 5.74) is 0.995. The first-order chi connectivity index (χ1) is 11.5. The number of rotatable bonds is 6. The summed E-state index contributed by atoms with van der Waals surface area (Å²) in [6.45, 7) is 0.816. The van der Waals surface area contributed by atoms with Crippen molar-refractivity contribution in [3.8, 4) is 0 Å². The maximum Gasteiger partial charge on any atom is 0.375 e. The molecule has 0 aliphatic rings. The number of anilines is 1. The van der Waals surface area contributed by atoms with E-state index in [1.54, 1.807) is 13.0 Å². The van der Waals surface area contributed by atoms with Gasteiger partial charge in [0.25, 0.3) is 5.91 Å². The number of halogens is 1. The number of hydrogen-bond donors (Lipinski definition) is 2. The van der Waals surface area contributed by atoms with Crippen LogP contribution in [0.5, 0.6) is 0 Å². The molecule has 1 heterocycles. The number of nitrogens with one attached hydrogen (secondary N) is 2. The van der Waals surface area contributed by atoms with Gasteiger partial charge in [-0.2, -0.15) is 0 Å². The van der Waals surface area contributed by atoms with E-state index in [1.807, 2.05) is 0 Å². The lowest BCUT2D eigenvalue weighted by Crippen LogP contribution is -2.35. The Morgan fingerprint density at radius 2 is 1.83 bits per heavy atom. The molecule has 2 amide bonds. The van der Waals surface area contributed by atoms with Crippen molar-refractivity contribution >= 4 is 23.5 Å². The van der Waals surface area contributed by atoms with Crippen molar-refractivity contribution in [1.29, 1.82) is 0 Å². The smallest absolute Gasteiger partial charge is 0.375 e. The number of benzene rings is 1. The molecule has 0 aliphatic heterocycles. The first-order valence-electron chi connectivity index (χ1n) is 6.99. The summed E-state index contributed by atoms with van der Waals surface area (Å²) >= 11 is 0. The molecule has 126 valence electrons. The van der Waals surface area contributed by atoms with Gasteiger partial charge in [-0.3, -0.25) is 9.59 Å². The molecule has 0 aliphatic carbocycles. The van der Waals surface area contributed by atoms with Crippen molar-refractivity contribution in [2.75, 3.05) is 18.5 Å². The van der Waals surface area contributed by atoms with Crippen LogP contribution in [-0.2, 0) is 14.3 Å². The fraction of sp³-hybridized carbons (Fsp3) is 0.188. The summed E-state index contributed by atoms with van der Waals surface area (Å²) in [5.74, 6) is -2.29. The minimum Gasteiger partial charge on any atom is -0.457 e. The normalized spacial score (nSPS) is 10.1. The van der Waals surface area contributed by atoms with E-state index in [2.05, 4.69) is 10.6 Å². The number of carbonyl (C=O) groups is 3. The van der Waals surface area contributed by atoms with Gasteiger partial charge in [0.05, 0.1) is 12.8 Å². The predicted octanol–water partition coefficient (Wildman–Crippen LogP) is 1.64. The van der Waals surface area contributed by atoms with Gasteiger partial charge in [-0.15, -0.1) is 0 Å². The SMILES string of the molecule is Cc1ccoc1C(=O)OCC(=O)NCC(=O)Nc1ccc(F)cc1. The van der Waals surface area contributed by atoms with Gasteiger partial charge in [0.1, 0.15) is 5.82 Å². The van der Waals surface area contributed by atoms with Crippen LogP contribution >= 0.6 is 0 Å². The predicted molar refractivity (Wildman–Crippen MR) is 81.8 cm³/mol. The number of hydrogen-bond acceptors (Lipinski definition) is 5. The first-order valence-corrected chi connectivity index (χ1v) is 6.99. The Hall–Kier alpha value is -3.16. The standard InChI is InChI=1S/C16H15FN2O5/c1-10-6-7-23-15(10)16(22)24-9-14(21)18-8-13(20)19-12-4-2-11(17)3-5-12/h2-7H,8-9H2,1H3,(H,18,21)(H,19,20). The molecule has 7 nitrogen and oxygen atoms in total. The maximum atomic E-state index is 12.7. The van der Waals surface area contributed by atoms with Crippen LogP contribution in [0.25, 0.3) is 0 Å². The van der Waals surface area contributed by atoms with Crippen molar-refractivity contribution < 1.29 is 27.9 Å². The molecule has 2 aromatic rings. The lowest BCUT2D eigenvalue weighted by atomic mass is 10.3. The van der Waals surface area contributed by atoms with Crippen LogP contribution in [0, 0.1) is 12.7 Å². The van der Waals surface area contributed by atoms with Crippen molar-refractivity contribution in [3.63, 3.8) is 0 Å². The van der Waals surface area contributed by atoms with Crippen LogP contribution in [0.4, 0.5) is 10.1 Å². The molecule has 1 aromatic heterocycles. The van der Waals surface area contributed by atoms with Crippen LogP contribution < -0.4 is 10.6 Å². The topological polar surface area (TPSA) is 97.6 Å². The number of carbonyl (C=O) groups excluding carboxylic acids is 3. The zero-order valence-electron chi connectivity index (χ0n) is 12.8. The monoisotopic (exact) mass is 334 g/mol. The van der Waals surface area contributed by atoms with Gasteiger partial charge in [0.2, 0.25) is 11.7 Å². The van der Waals surface area contributed by atoms with Crippen LogP contribution in [0.2, 0.25) is 0 Å². The van der Waals surface area contributed by atoms with Gasteiger partial charge in [-0.25, -0.2) is 9.18 Å². The van der Waals surface area contributed by atoms with Crippen molar-refractivity contribution in [3.05, 3.63) is 53.7 Å².